The van der Waals surface area contributed by atoms with Gasteiger partial charge in [0, 0.05) is 11.6 Å². The van der Waals surface area contributed by atoms with Crippen molar-refractivity contribution in [3.8, 4) is 11.8 Å². The Hall–Kier alpha value is -2.87. The molecule has 0 radical (unpaired) electrons. The topological polar surface area (TPSA) is 70.3 Å². The number of benzene rings is 2. The Morgan fingerprint density at radius 1 is 1.25 bits per heavy atom. The summed E-state index contributed by atoms with van der Waals surface area (Å²) in [4.78, 5) is 11.2. The molecule has 0 aliphatic heterocycles. The molecule has 0 fully saturated rings. The Morgan fingerprint density at radius 2 is 1.95 bits per heavy atom. The zero-order valence-corrected chi connectivity index (χ0v) is 10.3. The lowest BCUT2D eigenvalue weighted by atomic mass is 10.1. The molecule has 2 aromatic rings. The summed E-state index contributed by atoms with van der Waals surface area (Å²) in [5.41, 5.74) is 0.328. The van der Waals surface area contributed by atoms with Gasteiger partial charge in [-0.2, -0.15) is 5.26 Å². The van der Waals surface area contributed by atoms with Crippen LogP contribution in [0, 0.1) is 17.1 Å². The molecule has 0 heterocycles. The van der Waals surface area contributed by atoms with Gasteiger partial charge in [-0.25, -0.2) is 9.18 Å². The number of hydrogen-bond donors (Lipinski definition) is 1. The maximum atomic E-state index is 13.5. The molecule has 0 bridgehead atoms. The quantitative estimate of drug-likeness (QED) is 0.928. The largest absolute Gasteiger partial charge is 0.478 e. The summed E-state index contributed by atoms with van der Waals surface area (Å²) in [7, 11) is 0. The normalized spacial score (nSPS) is 11.4. The van der Waals surface area contributed by atoms with Gasteiger partial charge in [-0.15, -0.1) is 0 Å². The van der Waals surface area contributed by atoms with Crippen LogP contribution in [0.5, 0.6) is 5.75 Å². The average Bonchev–Trinajstić information content (AvgIpc) is 2.45. The Balaban J connectivity index is 2.28. The molecule has 0 aliphatic rings. The summed E-state index contributed by atoms with van der Waals surface area (Å²) in [5.74, 6) is -1.87. The molecule has 0 aliphatic carbocycles. The number of hydrogen-bond acceptors (Lipinski definition) is 3. The molecule has 0 spiro atoms. The van der Waals surface area contributed by atoms with Gasteiger partial charge in [0.1, 0.15) is 17.6 Å². The van der Waals surface area contributed by atoms with Crippen molar-refractivity contribution in [3.05, 3.63) is 65.5 Å². The van der Waals surface area contributed by atoms with Gasteiger partial charge in [0.25, 0.3) is 0 Å². The van der Waals surface area contributed by atoms with Gasteiger partial charge >= 0.3 is 5.97 Å². The summed E-state index contributed by atoms with van der Waals surface area (Å²) in [6.45, 7) is 0. The summed E-state index contributed by atoms with van der Waals surface area (Å²) in [5, 5.41) is 17.8. The van der Waals surface area contributed by atoms with Crippen LogP contribution in [-0.4, -0.2) is 11.1 Å². The highest BCUT2D eigenvalue weighted by Gasteiger charge is 2.22. The highest BCUT2D eigenvalue weighted by molar-refractivity contribution is 5.74. The minimum absolute atomic E-state index is 0.0535. The molecule has 1 atom stereocenters. The van der Waals surface area contributed by atoms with Crippen LogP contribution in [0.25, 0.3) is 0 Å². The zero-order chi connectivity index (χ0) is 14.5. The molecule has 2 rings (SSSR count). The fraction of sp³-hybridized carbons (Fsp3) is 0.0667. The summed E-state index contributed by atoms with van der Waals surface area (Å²) < 4.78 is 18.7. The number of carboxylic acid groups (broad SMARTS) is 1. The zero-order valence-electron chi connectivity index (χ0n) is 10.3. The number of carboxylic acids is 1. The maximum Gasteiger partial charge on any atom is 0.349 e. The molecular formula is C15H10FNO3. The minimum Gasteiger partial charge on any atom is -0.478 e. The molecule has 1 N–H and O–H groups in total. The monoisotopic (exact) mass is 271 g/mol. The maximum absolute atomic E-state index is 13.5. The van der Waals surface area contributed by atoms with E-state index in [1.165, 1.54) is 12.1 Å². The third kappa shape index (κ3) is 2.93. The molecule has 100 valence electrons. The Labute approximate surface area is 114 Å². The van der Waals surface area contributed by atoms with Crippen LogP contribution in [0.1, 0.15) is 17.2 Å². The van der Waals surface area contributed by atoms with Crippen molar-refractivity contribution in [2.75, 3.05) is 0 Å². The third-order valence-electron chi connectivity index (χ3n) is 2.64. The average molecular weight is 271 g/mol. The van der Waals surface area contributed by atoms with Gasteiger partial charge in [0.05, 0.1) is 5.56 Å². The van der Waals surface area contributed by atoms with E-state index in [1.807, 2.05) is 0 Å². The van der Waals surface area contributed by atoms with Crippen LogP contribution in [0.4, 0.5) is 4.39 Å². The fourth-order valence-electron chi connectivity index (χ4n) is 1.68. The lowest BCUT2D eigenvalue weighted by molar-refractivity contribution is -0.145. The molecule has 0 aromatic heterocycles. The van der Waals surface area contributed by atoms with Crippen molar-refractivity contribution in [1.82, 2.24) is 0 Å². The first kappa shape index (κ1) is 13.6. The molecule has 2 aromatic carbocycles. The highest BCUT2D eigenvalue weighted by atomic mass is 19.1. The van der Waals surface area contributed by atoms with Crippen molar-refractivity contribution in [3.63, 3.8) is 0 Å². The molecule has 5 heteroatoms. The first-order valence-corrected chi connectivity index (χ1v) is 5.76. The number of rotatable bonds is 4. The fourth-order valence-corrected chi connectivity index (χ4v) is 1.68. The second-order valence-corrected chi connectivity index (χ2v) is 4.00. The van der Waals surface area contributed by atoms with E-state index in [-0.39, 0.29) is 11.3 Å². The number of halogens is 1. The van der Waals surface area contributed by atoms with Gasteiger partial charge in [-0.1, -0.05) is 30.3 Å². The molecule has 0 saturated heterocycles. The summed E-state index contributed by atoms with van der Waals surface area (Å²) in [6, 6.07) is 13.6. The standard InChI is InChI=1S/C15H10FNO3/c16-13-8-12(7-6-11(13)9-17)20-14(15(18)19)10-4-2-1-3-5-10/h1-8,14H,(H,18,19). The van der Waals surface area contributed by atoms with Gasteiger partial charge in [0.2, 0.25) is 6.10 Å². The number of nitrogens with zero attached hydrogens (tertiary/aromatic N) is 1. The Bertz CT molecular complexity index is 665. The predicted molar refractivity (Wildman–Crippen MR) is 68.6 cm³/mol. The number of ether oxygens (including phenoxy) is 1. The first-order valence-electron chi connectivity index (χ1n) is 5.76. The summed E-state index contributed by atoms with van der Waals surface area (Å²) >= 11 is 0. The lowest BCUT2D eigenvalue weighted by Gasteiger charge is -2.15. The van der Waals surface area contributed by atoms with Crippen LogP contribution < -0.4 is 4.74 Å². The predicted octanol–water partition coefficient (Wildman–Crippen LogP) is 2.90. The lowest BCUT2D eigenvalue weighted by Crippen LogP contribution is -2.18. The second-order valence-electron chi connectivity index (χ2n) is 4.00. The van der Waals surface area contributed by atoms with Crippen LogP contribution >= 0.6 is 0 Å². The SMILES string of the molecule is N#Cc1ccc(OC(C(=O)O)c2ccccc2)cc1F. The van der Waals surface area contributed by atoms with Crippen LogP contribution in [0.2, 0.25) is 0 Å². The van der Waals surface area contributed by atoms with Crippen molar-refractivity contribution in [1.29, 1.82) is 5.26 Å². The van der Waals surface area contributed by atoms with E-state index in [2.05, 4.69) is 0 Å². The Kier molecular flexibility index (Phi) is 3.96. The molecule has 1 unspecified atom stereocenters. The van der Waals surface area contributed by atoms with Crippen molar-refractivity contribution in [2.24, 2.45) is 0 Å². The first-order chi connectivity index (χ1) is 9.61. The van der Waals surface area contributed by atoms with E-state index in [4.69, 9.17) is 10.00 Å². The number of nitriles is 1. The third-order valence-corrected chi connectivity index (χ3v) is 2.64. The van der Waals surface area contributed by atoms with E-state index in [0.29, 0.717) is 5.56 Å². The van der Waals surface area contributed by atoms with E-state index in [1.54, 1.807) is 36.4 Å². The minimum atomic E-state index is -1.23. The Morgan fingerprint density at radius 3 is 2.50 bits per heavy atom. The van der Waals surface area contributed by atoms with Crippen molar-refractivity contribution in [2.45, 2.75) is 6.10 Å². The molecule has 0 saturated carbocycles. The van der Waals surface area contributed by atoms with Crippen molar-refractivity contribution < 1.29 is 19.0 Å². The van der Waals surface area contributed by atoms with Gasteiger partial charge in [-0.3, -0.25) is 0 Å². The molecule has 0 amide bonds. The molecule has 4 nitrogen and oxygen atoms in total. The van der Waals surface area contributed by atoms with Gasteiger partial charge in [0.15, 0.2) is 0 Å². The van der Waals surface area contributed by atoms with E-state index >= 15 is 0 Å². The van der Waals surface area contributed by atoms with Crippen molar-refractivity contribution >= 4 is 5.97 Å². The summed E-state index contributed by atoms with van der Waals surface area (Å²) in [6.07, 6.45) is -1.23. The van der Waals surface area contributed by atoms with Crippen LogP contribution in [0.15, 0.2) is 48.5 Å². The number of aliphatic carboxylic acids is 1. The smallest absolute Gasteiger partial charge is 0.349 e. The van der Waals surface area contributed by atoms with Crippen LogP contribution in [-0.2, 0) is 4.79 Å². The highest BCUT2D eigenvalue weighted by Crippen LogP contribution is 2.24. The van der Waals surface area contributed by atoms with Gasteiger partial charge in [-0.05, 0) is 12.1 Å². The van der Waals surface area contributed by atoms with Gasteiger partial charge < -0.3 is 9.84 Å². The molecule has 20 heavy (non-hydrogen) atoms. The van der Waals surface area contributed by atoms with E-state index in [0.717, 1.165) is 6.07 Å². The number of carbonyl (C=O) groups is 1. The van der Waals surface area contributed by atoms with E-state index in [9.17, 15) is 14.3 Å². The second kappa shape index (κ2) is 5.85. The van der Waals surface area contributed by atoms with E-state index < -0.39 is 17.9 Å². The molecular weight excluding hydrogens is 261 g/mol. The van der Waals surface area contributed by atoms with Crippen LogP contribution in [0.3, 0.4) is 0 Å².